The van der Waals surface area contributed by atoms with Crippen LogP contribution in [0.4, 0.5) is 0 Å². The molecule has 28 heavy (non-hydrogen) atoms. The standard InChI is InChI=1S/C22H26AsClO4/c1-2-27-22(26)14-28-20-9-7-15-6-8-18(10-17(15)12-20)23-13-21(25)16-4-3-5-19(24)11-16/h3-5,7,9,11-12,18,21,23,25H,2,6,8,10,13-14H2,1H3. The molecule has 0 fully saturated rings. The Bertz CT molecular complexity index is 811. The summed E-state index contributed by atoms with van der Waals surface area (Å²) in [5.74, 6) is 0.367. The number of rotatable bonds is 8. The molecule has 0 radical (unpaired) electrons. The second-order valence-corrected chi connectivity index (χ2v) is 10.8. The van der Waals surface area contributed by atoms with E-state index in [1.54, 1.807) is 6.92 Å². The van der Waals surface area contributed by atoms with Crippen LogP contribution < -0.4 is 4.74 Å². The number of aliphatic hydroxyl groups is 1. The first-order chi connectivity index (χ1) is 13.5. The zero-order valence-corrected chi connectivity index (χ0v) is 18.8. The van der Waals surface area contributed by atoms with Gasteiger partial charge in [0.15, 0.2) is 0 Å². The van der Waals surface area contributed by atoms with Crippen LogP contribution in [0, 0.1) is 0 Å². The molecule has 1 N–H and O–H groups in total. The quantitative estimate of drug-likeness (QED) is 0.471. The molecule has 150 valence electrons. The van der Waals surface area contributed by atoms with Gasteiger partial charge in [0.25, 0.3) is 0 Å². The molecule has 6 heteroatoms. The third-order valence-electron chi connectivity index (χ3n) is 4.90. The van der Waals surface area contributed by atoms with Gasteiger partial charge in [0, 0.05) is 0 Å². The van der Waals surface area contributed by atoms with Crippen molar-refractivity contribution in [3.8, 4) is 5.75 Å². The molecule has 4 nitrogen and oxygen atoms in total. The molecule has 2 aromatic rings. The number of esters is 1. The van der Waals surface area contributed by atoms with Gasteiger partial charge in [-0.3, -0.25) is 0 Å². The third-order valence-corrected chi connectivity index (χ3v) is 8.69. The van der Waals surface area contributed by atoms with Crippen molar-refractivity contribution in [3.05, 3.63) is 64.2 Å². The summed E-state index contributed by atoms with van der Waals surface area (Å²) in [6.07, 6.45) is 2.83. The number of benzene rings is 2. The topological polar surface area (TPSA) is 55.8 Å². The Kier molecular flexibility index (Phi) is 7.84. The van der Waals surface area contributed by atoms with Gasteiger partial charge >= 0.3 is 178 Å². The van der Waals surface area contributed by atoms with Gasteiger partial charge in [0.2, 0.25) is 0 Å². The summed E-state index contributed by atoms with van der Waals surface area (Å²) in [4.78, 5) is 11.5. The van der Waals surface area contributed by atoms with Crippen molar-refractivity contribution >= 4 is 33.3 Å². The Morgan fingerprint density at radius 2 is 2.14 bits per heavy atom. The van der Waals surface area contributed by atoms with Crippen molar-refractivity contribution < 1.29 is 19.4 Å². The second-order valence-electron chi connectivity index (χ2n) is 6.94. The fourth-order valence-corrected chi connectivity index (χ4v) is 6.81. The summed E-state index contributed by atoms with van der Waals surface area (Å²) < 4.78 is 11.1. The molecule has 1 aliphatic carbocycles. The molecule has 0 saturated heterocycles. The molecule has 0 aliphatic heterocycles. The summed E-state index contributed by atoms with van der Waals surface area (Å²) in [5.41, 5.74) is 3.57. The second kappa shape index (κ2) is 10.3. The first-order valence-electron chi connectivity index (χ1n) is 9.62. The zero-order chi connectivity index (χ0) is 19.9. The van der Waals surface area contributed by atoms with Gasteiger partial charge in [0.1, 0.15) is 0 Å². The van der Waals surface area contributed by atoms with E-state index >= 15 is 0 Å². The maximum atomic E-state index is 11.5. The van der Waals surface area contributed by atoms with Crippen molar-refractivity contribution in [3.63, 3.8) is 0 Å². The van der Waals surface area contributed by atoms with Crippen LogP contribution in [0.2, 0.25) is 14.9 Å². The van der Waals surface area contributed by atoms with Gasteiger partial charge in [-0.15, -0.1) is 0 Å². The summed E-state index contributed by atoms with van der Waals surface area (Å²) in [7, 11) is 0. The van der Waals surface area contributed by atoms with Crippen LogP contribution in [0.5, 0.6) is 5.75 Å². The summed E-state index contributed by atoms with van der Waals surface area (Å²) >= 11 is 5.74. The van der Waals surface area contributed by atoms with Crippen LogP contribution in [0.1, 0.15) is 36.1 Å². The Morgan fingerprint density at radius 1 is 1.29 bits per heavy atom. The van der Waals surface area contributed by atoms with Crippen molar-refractivity contribution in [1.29, 1.82) is 0 Å². The maximum absolute atomic E-state index is 11.5. The van der Waals surface area contributed by atoms with Crippen LogP contribution >= 0.6 is 11.6 Å². The molecule has 0 bridgehead atoms. The van der Waals surface area contributed by atoms with E-state index in [4.69, 9.17) is 21.1 Å². The number of ether oxygens (including phenoxy) is 2. The molecule has 3 rings (SSSR count). The number of aryl methyl sites for hydroxylation is 1. The van der Waals surface area contributed by atoms with E-state index in [-0.39, 0.29) is 28.3 Å². The average molecular weight is 465 g/mol. The first-order valence-corrected chi connectivity index (χ1v) is 12.7. The van der Waals surface area contributed by atoms with Crippen LogP contribution in [-0.2, 0) is 22.4 Å². The van der Waals surface area contributed by atoms with Crippen molar-refractivity contribution in [2.75, 3.05) is 13.2 Å². The van der Waals surface area contributed by atoms with Gasteiger partial charge in [0.05, 0.1) is 0 Å². The fraction of sp³-hybridized carbons (Fsp3) is 0.409. The average Bonchev–Trinajstić information content (AvgIpc) is 2.70. The molecule has 0 spiro atoms. The molecular weight excluding hydrogens is 439 g/mol. The van der Waals surface area contributed by atoms with E-state index in [0.29, 0.717) is 22.1 Å². The molecule has 3 atom stereocenters. The zero-order valence-electron chi connectivity index (χ0n) is 16.0. The van der Waals surface area contributed by atoms with Crippen molar-refractivity contribution in [1.82, 2.24) is 0 Å². The van der Waals surface area contributed by atoms with E-state index in [2.05, 4.69) is 12.1 Å². The first kappa shape index (κ1) is 21.2. The summed E-state index contributed by atoms with van der Waals surface area (Å²) in [6, 6.07) is 13.6. The fourth-order valence-electron chi connectivity index (χ4n) is 3.45. The van der Waals surface area contributed by atoms with Crippen molar-refractivity contribution in [2.24, 2.45) is 0 Å². The molecule has 0 aromatic heterocycles. The monoisotopic (exact) mass is 464 g/mol. The summed E-state index contributed by atoms with van der Waals surface area (Å²) in [6.45, 7) is 2.08. The number of aliphatic hydroxyl groups excluding tert-OH is 1. The third kappa shape index (κ3) is 6.01. The van der Waals surface area contributed by atoms with E-state index in [9.17, 15) is 9.90 Å². The van der Waals surface area contributed by atoms with Gasteiger partial charge in [-0.2, -0.15) is 0 Å². The number of fused-ring (bicyclic) bond motifs is 1. The van der Waals surface area contributed by atoms with Crippen LogP contribution in [0.3, 0.4) is 0 Å². The predicted octanol–water partition coefficient (Wildman–Crippen LogP) is 4.15. The number of carbonyl (C=O) groups is 1. The van der Waals surface area contributed by atoms with Gasteiger partial charge in [-0.05, 0) is 0 Å². The van der Waals surface area contributed by atoms with E-state index < -0.39 is 6.10 Å². The van der Waals surface area contributed by atoms with Crippen LogP contribution in [-0.4, -0.2) is 40.0 Å². The Labute approximate surface area is 177 Å². The molecule has 0 heterocycles. The summed E-state index contributed by atoms with van der Waals surface area (Å²) in [5, 5.41) is 12.0. The molecule has 2 aromatic carbocycles. The van der Waals surface area contributed by atoms with Gasteiger partial charge in [-0.25, -0.2) is 0 Å². The normalized spacial score (nSPS) is 17.3. The Balaban J connectivity index is 1.54. The number of carbonyl (C=O) groups excluding carboxylic acids is 1. The van der Waals surface area contributed by atoms with Crippen molar-refractivity contribution in [2.45, 2.75) is 42.2 Å². The molecular formula is C22H26AsClO4. The molecule has 3 unspecified atom stereocenters. The van der Waals surface area contributed by atoms with E-state index in [1.165, 1.54) is 17.5 Å². The van der Waals surface area contributed by atoms with Gasteiger partial charge < -0.3 is 0 Å². The van der Waals surface area contributed by atoms with E-state index in [0.717, 1.165) is 23.6 Å². The SMILES string of the molecule is CCOC(=O)COc1ccc2c(c1)CC([AsH]CC(O)c1cccc(Cl)c1)CC2. The Morgan fingerprint density at radius 3 is 2.93 bits per heavy atom. The molecule has 1 aliphatic rings. The Hall–Kier alpha value is -1.48. The molecule has 0 amide bonds. The van der Waals surface area contributed by atoms with E-state index in [1.807, 2.05) is 30.3 Å². The number of hydrogen-bond acceptors (Lipinski definition) is 4. The minimum atomic E-state index is -0.431. The van der Waals surface area contributed by atoms with Crippen LogP contribution in [0.15, 0.2) is 42.5 Å². The predicted molar refractivity (Wildman–Crippen MR) is 113 cm³/mol. The van der Waals surface area contributed by atoms with Crippen LogP contribution in [0.25, 0.3) is 0 Å². The number of halogens is 1. The minimum absolute atomic E-state index is 0.0598. The molecule has 0 saturated carbocycles. The van der Waals surface area contributed by atoms with Gasteiger partial charge in [-0.1, -0.05) is 0 Å². The number of hydrogen-bond donors (Lipinski definition) is 1.